The third-order valence-corrected chi connectivity index (χ3v) is 6.94. The second-order valence-electron chi connectivity index (χ2n) is 10.0. The first-order valence-electron chi connectivity index (χ1n) is 11.7. The summed E-state index contributed by atoms with van der Waals surface area (Å²) in [6, 6.07) is 12.3. The van der Waals surface area contributed by atoms with Crippen LogP contribution >= 0.6 is 0 Å². The molecule has 0 aliphatic carbocycles. The first-order valence-corrected chi connectivity index (χ1v) is 13.8. The van der Waals surface area contributed by atoms with Gasteiger partial charge in [-0.25, -0.2) is 9.00 Å². The standard InChI is InChI=1S/C26H34N4O5S/c1-26(2,3)35-25(33)28-36(5,34)17-18-14-19(27)16-20(15-18)29(4)12-8-9-13-30-23(31)21-10-6-7-11-22(21)24(30)32/h6-7,10-11,14-16H,8-9,12-13,17,27H2,1-5H3/t36-/m1/s1. The van der Waals surface area contributed by atoms with Crippen molar-refractivity contribution in [2.45, 2.75) is 45.0 Å². The number of fused-ring (bicyclic) bond motifs is 1. The Morgan fingerprint density at radius 3 is 2.28 bits per heavy atom. The quantitative estimate of drug-likeness (QED) is 0.316. The lowest BCUT2D eigenvalue weighted by Crippen LogP contribution is -2.31. The predicted molar refractivity (Wildman–Crippen MR) is 142 cm³/mol. The van der Waals surface area contributed by atoms with Crippen molar-refractivity contribution in [3.8, 4) is 0 Å². The minimum Gasteiger partial charge on any atom is -0.442 e. The van der Waals surface area contributed by atoms with Crippen LogP contribution in [0.4, 0.5) is 16.2 Å². The molecule has 3 amide bonds. The van der Waals surface area contributed by atoms with Crippen molar-refractivity contribution in [2.24, 2.45) is 4.36 Å². The Labute approximate surface area is 212 Å². The summed E-state index contributed by atoms with van der Waals surface area (Å²) >= 11 is 0. The van der Waals surface area contributed by atoms with Gasteiger partial charge in [-0.1, -0.05) is 12.1 Å². The number of ether oxygens (including phenoxy) is 1. The molecule has 3 rings (SSSR count). The van der Waals surface area contributed by atoms with E-state index in [2.05, 4.69) is 4.36 Å². The SMILES string of the molecule is CN(CCCCN1C(=O)c2ccccc2C1=O)c1cc(N)cc(C[S@@](C)(=O)=NC(=O)OC(C)(C)C)c1. The van der Waals surface area contributed by atoms with Crippen molar-refractivity contribution in [3.63, 3.8) is 0 Å². The van der Waals surface area contributed by atoms with Gasteiger partial charge in [0.2, 0.25) is 0 Å². The number of nitrogens with two attached hydrogens (primary N) is 1. The van der Waals surface area contributed by atoms with Crippen LogP contribution < -0.4 is 10.6 Å². The van der Waals surface area contributed by atoms with Crippen LogP contribution in [-0.4, -0.2) is 59.0 Å². The summed E-state index contributed by atoms with van der Waals surface area (Å²) in [5.74, 6) is -0.438. The molecule has 9 nitrogen and oxygen atoms in total. The maximum atomic E-state index is 12.9. The number of nitrogen functional groups attached to an aromatic ring is 1. The van der Waals surface area contributed by atoms with Gasteiger partial charge in [-0.3, -0.25) is 14.5 Å². The second kappa shape index (κ2) is 10.7. The number of benzene rings is 2. The molecular formula is C26H34N4O5S. The van der Waals surface area contributed by atoms with Crippen molar-refractivity contribution in [1.82, 2.24) is 4.90 Å². The molecule has 1 aliphatic rings. The van der Waals surface area contributed by atoms with Gasteiger partial charge in [0.05, 0.1) is 26.6 Å². The summed E-state index contributed by atoms with van der Waals surface area (Å²) in [4.78, 5) is 40.3. The minimum atomic E-state index is -2.87. The smallest absolute Gasteiger partial charge is 0.442 e. The van der Waals surface area contributed by atoms with E-state index >= 15 is 0 Å². The van der Waals surface area contributed by atoms with Crippen molar-refractivity contribution in [3.05, 3.63) is 59.2 Å². The summed E-state index contributed by atoms with van der Waals surface area (Å²) in [7, 11) is -0.960. The van der Waals surface area contributed by atoms with Crippen LogP contribution in [0.25, 0.3) is 0 Å². The van der Waals surface area contributed by atoms with Crippen molar-refractivity contribution in [1.29, 1.82) is 0 Å². The number of imide groups is 1. The Bertz CT molecular complexity index is 1260. The summed E-state index contributed by atoms with van der Waals surface area (Å²) < 4.78 is 21.9. The molecule has 0 bridgehead atoms. The second-order valence-corrected chi connectivity index (χ2v) is 12.4. The van der Waals surface area contributed by atoms with Crippen LogP contribution in [0, 0.1) is 0 Å². The van der Waals surface area contributed by atoms with E-state index in [-0.39, 0.29) is 17.6 Å². The van der Waals surface area contributed by atoms with Gasteiger partial charge < -0.3 is 15.4 Å². The monoisotopic (exact) mass is 514 g/mol. The molecule has 36 heavy (non-hydrogen) atoms. The number of unbranched alkanes of at least 4 members (excludes halogenated alkanes) is 1. The van der Waals surface area contributed by atoms with E-state index in [9.17, 15) is 18.6 Å². The van der Waals surface area contributed by atoms with Gasteiger partial charge in [-0.2, -0.15) is 0 Å². The number of anilines is 2. The van der Waals surface area contributed by atoms with Gasteiger partial charge in [0.15, 0.2) is 0 Å². The Hall–Kier alpha value is -3.40. The first kappa shape index (κ1) is 27.2. The number of hydrogen-bond acceptors (Lipinski definition) is 7. The van der Waals surface area contributed by atoms with E-state index in [4.69, 9.17) is 10.5 Å². The first-order chi connectivity index (χ1) is 16.8. The lowest BCUT2D eigenvalue weighted by atomic mass is 10.1. The van der Waals surface area contributed by atoms with E-state index < -0.39 is 21.4 Å². The fourth-order valence-electron chi connectivity index (χ4n) is 3.97. The van der Waals surface area contributed by atoms with Crippen molar-refractivity contribution in [2.75, 3.05) is 37.0 Å². The highest BCUT2D eigenvalue weighted by molar-refractivity contribution is 7.92. The Morgan fingerprint density at radius 1 is 1.08 bits per heavy atom. The highest BCUT2D eigenvalue weighted by Gasteiger charge is 2.34. The topological polar surface area (TPSA) is 122 Å². The molecule has 0 saturated heterocycles. The van der Waals surface area contributed by atoms with E-state index in [1.807, 2.05) is 24.1 Å². The summed E-state index contributed by atoms with van der Waals surface area (Å²) in [6.07, 6.45) is 1.96. The van der Waals surface area contributed by atoms with Gasteiger partial charge >= 0.3 is 6.09 Å². The normalized spacial score (nSPS) is 14.9. The molecule has 0 aromatic heterocycles. The average molecular weight is 515 g/mol. The molecule has 10 heteroatoms. The van der Waals surface area contributed by atoms with Crippen molar-refractivity contribution < 1.29 is 23.3 Å². The maximum absolute atomic E-state index is 12.9. The molecule has 0 saturated carbocycles. The molecule has 2 aromatic carbocycles. The molecule has 0 fully saturated rings. The van der Waals surface area contributed by atoms with Gasteiger partial charge in [0, 0.05) is 37.8 Å². The van der Waals surface area contributed by atoms with E-state index in [1.54, 1.807) is 51.1 Å². The molecule has 2 aromatic rings. The highest BCUT2D eigenvalue weighted by Crippen LogP contribution is 2.24. The van der Waals surface area contributed by atoms with Gasteiger partial charge in [-0.15, -0.1) is 4.36 Å². The van der Waals surface area contributed by atoms with Crippen LogP contribution in [0.5, 0.6) is 0 Å². The van der Waals surface area contributed by atoms with Gasteiger partial charge in [0.1, 0.15) is 5.60 Å². The molecule has 0 unspecified atom stereocenters. The average Bonchev–Trinajstić information content (AvgIpc) is 2.98. The van der Waals surface area contributed by atoms with Crippen LogP contribution in [0.2, 0.25) is 0 Å². The molecule has 0 spiro atoms. The summed E-state index contributed by atoms with van der Waals surface area (Å²) in [5, 5.41) is 0. The minimum absolute atomic E-state index is 0.0534. The Morgan fingerprint density at radius 2 is 1.69 bits per heavy atom. The molecular weight excluding hydrogens is 480 g/mol. The predicted octanol–water partition coefficient (Wildman–Crippen LogP) is 4.31. The third kappa shape index (κ3) is 7.07. The number of hydrogen-bond donors (Lipinski definition) is 1. The van der Waals surface area contributed by atoms with Crippen LogP contribution in [0.1, 0.15) is 59.9 Å². The van der Waals surface area contributed by atoms with Gasteiger partial charge in [-0.05, 0) is 69.5 Å². The van der Waals surface area contributed by atoms with E-state index in [0.717, 1.165) is 12.1 Å². The van der Waals surface area contributed by atoms with Crippen LogP contribution in [-0.2, 0) is 20.2 Å². The van der Waals surface area contributed by atoms with E-state index in [0.29, 0.717) is 41.9 Å². The lowest BCUT2D eigenvalue weighted by Gasteiger charge is -2.22. The fourth-order valence-corrected chi connectivity index (χ4v) is 5.18. The number of rotatable bonds is 8. The van der Waals surface area contributed by atoms with Gasteiger partial charge in [0.25, 0.3) is 11.8 Å². The molecule has 1 atom stereocenters. The zero-order valence-corrected chi connectivity index (χ0v) is 22.3. The number of carbonyl (C=O) groups is 3. The summed E-state index contributed by atoms with van der Waals surface area (Å²) in [6.45, 7) is 6.18. The fraction of sp³-hybridized carbons (Fsp3) is 0.423. The zero-order valence-electron chi connectivity index (χ0n) is 21.4. The highest BCUT2D eigenvalue weighted by atomic mass is 32.2. The Balaban J connectivity index is 1.58. The lowest BCUT2D eigenvalue weighted by molar-refractivity contribution is 0.0603. The largest absolute Gasteiger partial charge is 0.442 e. The molecule has 0 radical (unpaired) electrons. The number of amides is 3. The number of nitrogens with zero attached hydrogens (tertiary/aromatic N) is 3. The Kier molecular flexibility index (Phi) is 8.08. The number of carbonyl (C=O) groups excluding carboxylic acids is 3. The van der Waals surface area contributed by atoms with Crippen LogP contribution in [0.3, 0.4) is 0 Å². The summed E-state index contributed by atoms with van der Waals surface area (Å²) in [5.41, 5.74) is 8.32. The molecule has 2 N–H and O–H groups in total. The molecule has 1 heterocycles. The van der Waals surface area contributed by atoms with Crippen molar-refractivity contribution >= 4 is 39.0 Å². The molecule has 194 valence electrons. The van der Waals surface area contributed by atoms with E-state index in [1.165, 1.54) is 11.2 Å². The molecule has 1 aliphatic heterocycles. The zero-order chi connectivity index (χ0) is 26.7. The van der Waals surface area contributed by atoms with Crippen LogP contribution in [0.15, 0.2) is 46.8 Å². The third-order valence-electron chi connectivity index (χ3n) is 5.54. The maximum Gasteiger partial charge on any atom is 0.442 e.